The second kappa shape index (κ2) is 3.30. The van der Waals surface area contributed by atoms with Crippen LogP contribution in [0.5, 0.6) is 0 Å². The lowest BCUT2D eigenvalue weighted by Crippen LogP contribution is -2.22. The molecule has 1 aromatic rings. The number of fused-ring (bicyclic) bond motifs is 1. The Morgan fingerprint density at radius 1 is 1.29 bits per heavy atom. The number of hydrogen-bond donors (Lipinski definition) is 0. The SMILES string of the molecule is Cc1ccc2c(c1)SC(C(C)(C)C)C2. The lowest BCUT2D eigenvalue weighted by atomic mass is 9.88. The van der Waals surface area contributed by atoms with Gasteiger partial charge in [0.1, 0.15) is 0 Å². The zero-order valence-electron chi connectivity index (χ0n) is 9.42. The van der Waals surface area contributed by atoms with Gasteiger partial charge in [-0.25, -0.2) is 0 Å². The van der Waals surface area contributed by atoms with Gasteiger partial charge in [-0.3, -0.25) is 0 Å². The molecule has 0 aromatic heterocycles. The fourth-order valence-electron chi connectivity index (χ4n) is 1.82. The summed E-state index contributed by atoms with van der Waals surface area (Å²) in [7, 11) is 0. The van der Waals surface area contributed by atoms with Gasteiger partial charge in [0.05, 0.1) is 0 Å². The highest BCUT2D eigenvalue weighted by Crippen LogP contribution is 2.45. The highest BCUT2D eigenvalue weighted by Gasteiger charge is 2.31. The Balaban J connectivity index is 2.26. The second-order valence-electron chi connectivity index (χ2n) is 5.29. The van der Waals surface area contributed by atoms with Crippen LogP contribution in [-0.2, 0) is 6.42 Å². The summed E-state index contributed by atoms with van der Waals surface area (Å²) in [6, 6.07) is 6.85. The summed E-state index contributed by atoms with van der Waals surface area (Å²) < 4.78 is 0. The van der Waals surface area contributed by atoms with Crippen molar-refractivity contribution in [1.29, 1.82) is 0 Å². The average molecular weight is 206 g/mol. The van der Waals surface area contributed by atoms with Crippen LogP contribution in [-0.4, -0.2) is 5.25 Å². The summed E-state index contributed by atoms with van der Waals surface area (Å²) in [6.45, 7) is 9.18. The van der Waals surface area contributed by atoms with E-state index in [1.54, 1.807) is 5.56 Å². The molecule has 1 aliphatic rings. The summed E-state index contributed by atoms with van der Waals surface area (Å²) in [4.78, 5) is 1.50. The maximum Gasteiger partial charge on any atom is 0.0184 e. The molecule has 0 saturated heterocycles. The minimum atomic E-state index is 0.414. The van der Waals surface area contributed by atoms with Crippen molar-refractivity contribution in [2.75, 3.05) is 0 Å². The van der Waals surface area contributed by atoms with E-state index in [9.17, 15) is 0 Å². The largest absolute Gasteiger partial charge is 0.122 e. The maximum atomic E-state index is 2.34. The van der Waals surface area contributed by atoms with Crippen molar-refractivity contribution in [2.24, 2.45) is 5.41 Å². The van der Waals surface area contributed by atoms with E-state index in [2.05, 4.69) is 57.7 Å². The zero-order chi connectivity index (χ0) is 10.3. The van der Waals surface area contributed by atoms with Gasteiger partial charge in [0.25, 0.3) is 0 Å². The van der Waals surface area contributed by atoms with E-state index in [0.29, 0.717) is 5.41 Å². The summed E-state index contributed by atoms with van der Waals surface area (Å²) >= 11 is 2.06. The molecule has 1 aliphatic heterocycles. The zero-order valence-corrected chi connectivity index (χ0v) is 10.2. The lowest BCUT2D eigenvalue weighted by Gasteiger charge is -2.25. The monoisotopic (exact) mass is 206 g/mol. The van der Waals surface area contributed by atoms with E-state index < -0.39 is 0 Å². The topological polar surface area (TPSA) is 0 Å². The van der Waals surface area contributed by atoms with Crippen LogP contribution in [0.3, 0.4) is 0 Å². The third-order valence-corrected chi connectivity index (χ3v) is 4.66. The summed E-state index contributed by atoms with van der Waals surface area (Å²) in [6.07, 6.45) is 1.24. The lowest BCUT2D eigenvalue weighted by molar-refractivity contribution is 0.396. The van der Waals surface area contributed by atoms with Gasteiger partial charge in [-0.05, 0) is 30.4 Å². The molecule has 0 aliphatic carbocycles. The molecule has 1 unspecified atom stereocenters. The van der Waals surface area contributed by atoms with Crippen LogP contribution in [0.4, 0.5) is 0 Å². The van der Waals surface area contributed by atoms with Gasteiger partial charge in [0.15, 0.2) is 0 Å². The third kappa shape index (κ3) is 1.83. The highest BCUT2D eigenvalue weighted by molar-refractivity contribution is 8.00. The Morgan fingerprint density at radius 2 is 2.00 bits per heavy atom. The van der Waals surface area contributed by atoms with Gasteiger partial charge in [0.2, 0.25) is 0 Å². The van der Waals surface area contributed by atoms with Crippen molar-refractivity contribution >= 4 is 11.8 Å². The van der Waals surface area contributed by atoms with Crippen LogP contribution >= 0.6 is 11.8 Å². The Kier molecular flexibility index (Phi) is 2.38. The van der Waals surface area contributed by atoms with Gasteiger partial charge in [-0.1, -0.05) is 38.5 Å². The average Bonchev–Trinajstić information content (AvgIpc) is 2.45. The van der Waals surface area contributed by atoms with Crippen LogP contribution in [0.25, 0.3) is 0 Å². The van der Waals surface area contributed by atoms with E-state index in [4.69, 9.17) is 0 Å². The molecule has 0 fully saturated rings. The van der Waals surface area contributed by atoms with Gasteiger partial charge < -0.3 is 0 Å². The molecule has 1 heterocycles. The molecule has 1 atom stereocenters. The van der Waals surface area contributed by atoms with Crippen molar-refractivity contribution < 1.29 is 0 Å². The molecule has 14 heavy (non-hydrogen) atoms. The van der Waals surface area contributed by atoms with Crippen molar-refractivity contribution in [3.63, 3.8) is 0 Å². The van der Waals surface area contributed by atoms with E-state index in [-0.39, 0.29) is 0 Å². The molecule has 0 bridgehead atoms. The fourth-order valence-corrected chi connectivity index (χ4v) is 3.30. The Bertz CT molecular complexity index is 347. The minimum absolute atomic E-state index is 0.414. The van der Waals surface area contributed by atoms with E-state index in [1.165, 1.54) is 16.9 Å². The molecule has 0 spiro atoms. The number of hydrogen-bond acceptors (Lipinski definition) is 1. The van der Waals surface area contributed by atoms with Crippen LogP contribution in [0, 0.1) is 12.3 Å². The van der Waals surface area contributed by atoms with Gasteiger partial charge in [0, 0.05) is 10.1 Å². The number of thioether (sulfide) groups is 1. The van der Waals surface area contributed by atoms with E-state index in [1.807, 2.05) is 0 Å². The molecular weight excluding hydrogens is 188 g/mol. The molecule has 0 radical (unpaired) electrons. The first kappa shape index (κ1) is 10.1. The quantitative estimate of drug-likeness (QED) is 0.617. The molecule has 0 nitrogen and oxygen atoms in total. The Morgan fingerprint density at radius 3 is 2.64 bits per heavy atom. The third-order valence-electron chi connectivity index (χ3n) is 2.86. The molecule has 0 N–H and O–H groups in total. The molecule has 0 saturated carbocycles. The molecule has 2 rings (SSSR count). The number of benzene rings is 1. The molecule has 76 valence electrons. The fraction of sp³-hybridized carbons (Fsp3) is 0.538. The number of rotatable bonds is 0. The van der Waals surface area contributed by atoms with Crippen molar-refractivity contribution in [3.05, 3.63) is 29.3 Å². The van der Waals surface area contributed by atoms with Crippen molar-refractivity contribution in [3.8, 4) is 0 Å². The van der Waals surface area contributed by atoms with Crippen molar-refractivity contribution in [2.45, 2.75) is 44.3 Å². The second-order valence-corrected chi connectivity index (χ2v) is 6.53. The van der Waals surface area contributed by atoms with Gasteiger partial charge >= 0.3 is 0 Å². The normalized spacial score (nSPS) is 21.0. The first-order valence-electron chi connectivity index (χ1n) is 5.23. The first-order valence-corrected chi connectivity index (χ1v) is 6.11. The standard InChI is InChI=1S/C13H18S/c1-9-5-6-10-8-12(13(2,3)4)14-11(10)7-9/h5-7,12H,8H2,1-4H3. The molecule has 1 heteroatoms. The summed E-state index contributed by atoms with van der Waals surface area (Å²) in [5.74, 6) is 0. The summed E-state index contributed by atoms with van der Waals surface area (Å²) in [5, 5.41) is 0.749. The van der Waals surface area contributed by atoms with Crippen LogP contribution < -0.4 is 0 Å². The molecule has 0 amide bonds. The minimum Gasteiger partial charge on any atom is -0.122 e. The molecular formula is C13H18S. The Labute approximate surface area is 91.1 Å². The summed E-state index contributed by atoms with van der Waals surface area (Å²) in [5.41, 5.74) is 3.34. The molecule has 1 aromatic carbocycles. The van der Waals surface area contributed by atoms with E-state index >= 15 is 0 Å². The van der Waals surface area contributed by atoms with Crippen LogP contribution in [0.15, 0.2) is 23.1 Å². The van der Waals surface area contributed by atoms with Gasteiger partial charge in [-0.2, -0.15) is 0 Å². The smallest absolute Gasteiger partial charge is 0.0184 e. The van der Waals surface area contributed by atoms with E-state index in [0.717, 1.165) is 5.25 Å². The highest BCUT2D eigenvalue weighted by atomic mass is 32.2. The number of aryl methyl sites for hydroxylation is 1. The first-order chi connectivity index (χ1) is 6.47. The predicted molar refractivity (Wildman–Crippen MR) is 64.0 cm³/mol. The van der Waals surface area contributed by atoms with Crippen LogP contribution in [0.1, 0.15) is 31.9 Å². The predicted octanol–water partition coefficient (Wildman–Crippen LogP) is 4.06. The maximum absolute atomic E-state index is 2.34. The van der Waals surface area contributed by atoms with Gasteiger partial charge in [-0.15, -0.1) is 11.8 Å². The Hall–Kier alpha value is -0.430. The van der Waals surface area contributed by atoms with Crippen LogP contribution in [0.2, 0.25) is 0 Å². The van der Waals surface area contributed by atoms with Crippen molar-refractivity contribution in [1.82, 2.24) is 0 Å².